The van der Waals surface area contributed by atoms with Crippen molar-refractivity contribution in [2.45, 2.75) is 39.8 Å². The third-order valence-electron chi connectivity index (χ3n) is 5.05. The fourth-order valence-electron chi connectivity index (χ4n) is 3.18. The standard InChI is InChI=1S/C24H31FN2O4/c1-16(2)24(29)27(15-19-6-9-20(25)10-7-19)17(3)23(28)26-13-12-18-8-11-21(30-4)22(14-18)31-5/h6-11,14,16-17H,12-13,15H2,1-5H3,(H,26,28). The van der Waals surface area contributed by atoms with Crippen molar-refractivity contribution in [2.75, 3.05) is 20.8 Å². The molecule has 2 rings (SSSR count). The monoisotopic (exact) mass is 430 g/mol. The molecule has 0 saturated heterocycles. The lowest BCUT2D eigenvalue weighted by Crippen LogP contribution is -2.49. The topological polar surface area (TPSA) is 67.9 Å². The van der Waals surface area contributed by atoms with Crippen LogP contribution in [0.5, 0.6) is 11.5 Å². The molecule has 0 fully saturated rings. The molecule has 168 valence electrons. The van der Waals surface area contributed by atoms with Gasteiger partial charge in [0.15, 0.2) is 11.5 Å². The van der Waals surface area contributed by atoms with E-state index in [9.17, 15) is 14.0 Å². The van der Waals surface area contributed by atoms with Gasteiger partial charge in [-0.3, -0.25) is 9.59 Å². The van der Waals surface area contributed by atoms with Crippen LogP contribution in [0.1, 0.15) is 31.9 Å². The smallest absolute Gasteiger partial charge is 0.242 e. The van der Waals surface area contributed by atoms with Gasteiger partial charge < -0.3 is 19.7 Å². The van der Waals surface area contributed by atoms with Crippen LogP contribution in [-0.4, -0.2) is 43.5 Å². The van der Waals surface area contributed by atoms with Crippen LogP contribution in [0.3, 0.4) is 0 Å². The number of methoxy groups -OCH3 is 2. The number of halogens is 1. The lowest BCUT2D eigenvalue weighted by atomic mass is 10.1. The van der Waals surface area contributed by atoms with Gasteiger partial charge in [0.2, 0.25) is 11.8 Å². The molecule has 1 unspecified atom stereocenters. The SMILES string of the molecule is COc1ccc(CCNC(=O)C(C)N(Cc2ccc(F)cc2)C(=O)C(C)C)cc1OC. The first-order chi connectivity index (χ1) is 14.8. The van der Waals surface area contributed by atoms with Crippen LogP contribution in [0.4, 0.5) is 4.39 Å². The van der Waals surface area contributed by atoms with Crippen LogP contribution >= 0.6 is 0 Å². The summed E-state index contributed by atoms with van der Waals surface area (Å²) in [5.74, 6) is 0.303. The Balaban J connectivity index is 2.01. The Labute approximate surface area is 183 Å². The number of rotatable bonds is 10. The molecule has 6 nitrogen and oxygen atoms in total. The van der Waals surface area contributed by atoms with Crippen molar-refractivity contribution >= 4 is 11.8 Å². The zero-order valence-electron chi connectivity index (χ0n) is 18.8. The molecule has 0 saturated carbocycles. The number of nitrogens with zero attached hydrogens (tertiary/aromatic N) is 1. The van der Waals surface area contributed by atoms with E-state index in [4.69, 9.17) is 9.47 Å². The molecule has 0 spiro atoms. The maximum atomic E-state index is 13.2. The van der Waals surface area contributed by atoms with Crippen molar-refractivity contribution in [1.82, 2.24) is 10.2 Å². The number of carbonyl (C=O) groups is 2. The molecular formula is C24H31FN2O4. The summed E-state index contributed by atoms with van der Waals surface area (Å²) in [5.41, 5.74) is 1.76. The summed E-state index contributed by atoms with van der Waals surface area (Å²) in [6.45, 7) is 5.94. The summed E-state index contributed by atoms with van der Waals surface area (Å²) in [5, 5.41) is 2.90. The normalized spacial score (nSPS) is 11.7. The van der Waals surface area contributed by atoms with Crippen LogP contribution in [0.25, 0.3) is 0 Å². The van der Waals surface area contributed by atoms with E-state index in [1.54, 1.807) is 47.1 Å². The van der Waals surface area contributed by atoms with E-state index in [0.717, 1.165) is 11.1 Å². The summed E-state index contributed by atoms with van der Waals surface area (Å²) in [6.07, 6.45) is 0.606. The highest BCUT2D eigenvalue weighted by Gasteiger charge is 2.27. The summed E-state index contributed by atoms with van der Waals surface area (Å²) < 4.78 is 23.8. The van der Waals surface area contributed by atoms with E-state index in [1.807, 2.05) is 18.2 Å². The Morgan fingerprint density at radius 2 is 1.58 bits per heavy atom. The highest BCUT2D eigenvalue weighted by Crippen LogP contribution is 2.27. The van der Waals surface area contributed by atoms with Crippen LogP contribution < -0.4 is 14.8 Å². The average molecular weight is 431 g/mol. The predicted octanol–water partition coefficient (Wildman–Crippen LogP) is 3.57. The van der Waals surface area contributed by atoms with Crippen molar-refractivity contribution in [2.24, 2.45) is 5.92 Å². The van der Waals surface area contributed by atoms with E-state index >= 15 is 0 Å². The zero-order chi connectivity index (χ0) is 23.0. The third-order valence-corrected chi connectivity index (χ3v) is 5.05. The van der Waals surface area contributed by atoms with Gasteiger partial charge in [-0.2, -0.15) is 0 Å². The van der Waals surface area contributed by atoms with Gasteiger partial charge in [-0.1, -0.05) is 32.0 Å². The van der Waals surface area contributed by atoms with Gasteiger partial charge in [0.1, 0.15) is 11.9 Å². The van der Waals surface area contributed by atoms with Gasteiger partial charge in [-0.05, 0) is 48.7 Å². The lowest BCUT2D eigenvalue weighted by Gasteiger charge is -2.30. The van der Waals surface area contributed by atoms with E-state index < -0.39 is 6.04 Å². The highest BCUT2D eigenvalue weighted by atomic mass is 19.1. The average Bonchev–Trinajstić information content (AvgIpc) is 2.77. The van der Waals surface area contributed by atoms with E-state index in [-0.39, 0.29) is 30.1 Å². The number of nitrogens with one attached hydrogen (secondary N) is 1. The molecule has 1 N–H and O–H groups in total. The molecule has 2 aromatic carbocycles. The highest BCUT2D eigenvalue weighted by molar-refractivity contribution is 5.88. The van der Waals surface area contributed by atoms with Gasteiger partial charge in [-0.15, -0.1) is 0 Å². The maximum absolute atomic E-state index is 13.2. The molecule has 0 aliphatic rings. The van der Waals surface area contributed by atoms with E-state index in [2.05, 4.69) is 5.32 Å². The van der Waals surface area contributed by atoms with Crippen LogP contribution in [-0.2, 0) is 22.6 Å². The molecule has 2 aromatic rings. The van der Waals surface area contributed by atoms with E-state index in [1.165, 1.54) is 17.0 Å². The van der Waals surface area contributed by atoms with Gasteiger partial charge >= 0.3 is 0 Å². The molecule has 0 aliphatic carbocycles. The second kappa shape index (κ2) is 11.3. The van der Waals surface area contributed by atoms with Crippen LogP contribution in [0, 0.1) is 11.7 Å². The number of carbonyl (C=O) groups excluding carboxylic acids is 2. The molecule has 31 heavy (non-hydrogen) atoms. The maximum Gasteiger partial charge on any atom is 0.242 e. The minimum absolute atomic E-state index is 0.133. The summed E-state index contributed by atoms with van der Waals surface area (Å²) in [7, 11) is 3.15. The van der Waals surface area contributed by atoms with Crippen molar-refractivity contribution < 1.29 is 23.5 Å². The van der Waals surface area contributed by atoms with Gasteiger partial charge in [0, 0.05) is 19.0 Å². The Morgan fingerprint density at radius 1 is 0.968 bits per heavy atom. The van der Waals surface area contributed by atoms with Crippen molar-refractivity contribution in [1.29, 1.82) is 0 Å². The molecule has 2 amide bonds. The lowest BCUT2D eigenvalue weighted by molar-refractivity contribution is -0.143. The van der Waals surface area contributed by atoms with Crippen molar-refractivity contribution in [3.8, 4) is 11.5 Å². The number of hydrogen-bond donors (Lipinski definition) is 1. The first-order valence-corrected chi connectivity index (χ1v) is 10.3. The number of ether oxygens (including phenoxy) is 2. The third kappa shape index (κ3) is 6.70. The molecule has 0 heterocycles. The quantitative estimate of drug-likeness (QED) is 0.626. The molecule has 0 aliphatic heterocycles. The fraction of sp³-hybridized carbons (Fsp3) is 0.417. The molecule has 1 atom stereocenters. The first kappa shape index (κ1) is 24.2. The first-order valence-electron chi connectivity index (χ1n) is 10.3. The fourth-order valence-corrected chi connectivity index (χ4v) is 3.18. The van der Waals surface area contributed by atoms with Crippen molar-refractivity contribution in [3.63, 3.8) is 0 Å². The Hall–Kier alpha value is -3.09. The predicted molar refractivity (Wildman–Crippen MR) is 118 cm³/mol. The van der Waals surface area contributed by atoms with Gasteiger partial charge in [0.25, 0.3) is 0 Å². The molecule has 0 aromatic heterocycles. The summed E-state index contributed by atoms with van der Waals surface area (Å²) >= 11 is 0. The molecule has 0 bridgehead atoms. The number of hydrogen-bond acceptors (Lipinski definition) is 4. The number of benzene rings is 2. The second-order valence-corrected chi connectivity index (χ2v) is 7.65. The van der Waals surface area contributed by atoms with Gasteiger partial charge in [-0.25, -0.2) is 4.39 Å². The molecular weight excluding hydrogens is 399 g/mol. The Morgan fingerprint density at radius 3 is 2.16 bits per heavy atom. The minimum Gasteiger partial charge on any atom is -0.493 e. The summed E-state index contributed by atoms with van der Waals surface area (Å²) in [6, 6.07) is 10.9. The molecule has 7 heteroatoms. The van der Waals surface area contributed by atoms with E-state index in [0.29, 0.717) is 24.5 Å². The van der Waals surface area contributed by atoms with Crippen LogP contribution in [0.2, 0.25) is 0 Å². The Kier molecular flexibility index (Phi) is 8.85. The Bertz CT molecular complexity index is 884. The number of amides is 2. The minimum atomic E-state index is -0.662. The van der Waals surface area contributed by atoms with Crippen LogP contribution in [0.15, 0.2) is 42.5 Å². The summed E-state index contributed by atoms with van der Waals surface area (Å²) in [4.78, 5) is 27.0. The second-order valence-electron chi connectivity index (χ2n) is 7.65. The van der Waals surface area contributed by atoms with Crippen molar-refractivity contribution in [3.05, 3.63) is 59.4 Å². The largest absolute Gasteiger partial charge is 0.493 e. The zero-order valence-corrected chi connectivity index (χ0v) is 18.8. The molecule has 0 radical (unpaired) electrons. The van der Waals surface area contributed by atoms with Gasteiger partial charge in [0.05, 0.1) is 14.2 Å².